The smallest absolute Gasteiger partial charge is 0.309 e. The topological polar surface area (TPSA) is 107 Å². The summed E-state index contributed by atoms with van der Waals surface area (Å²) in [6.07, 6.45) is 2.36. The summed E-state index contributed by atoms with van der Waals surface area (Å²) in [5.41, 5.74) is 5.87. The second-order valence-electron chi connectivity index (χ2n) is 11.4. The van der Waals surface area contributed by atoms with E-state index < -0.39 is 17.9 Å². The van der Waals surface area contributed by atoms with Gasteiger partial charge >= 0.3 is 5.97 Å². The van der Waals surface area contributed by atoms with Gasteiger partial charge in [-0.3, -0.25) is 14.5 Å². The van der Waals surface area contributed by atoms with Crippen LogP contribution in [0.25, 0.3) is 0 Å². The van der Waals surface area contributed by atoms with Crippen molar-refractivity contribution in [2.75, 3.05) is 45.5 Å². The maximum Gasteiger partial charge on any atom is 0.309 e. The predicted octanol–water partition coefficient (Wildman–Crippen LogP) is 5.74. The number of aryl methyl sites for hydroxylation is 3. The Bertz CT molecular complexity index is 1450. The molecule has 3 aromatic rings. The molecule has 2 aliphatic heterocycles. The van der Waals surface area contributed by atoms with Crippen molar-refractivity contribution in [1.29, 1.82) is 0 Å². The number of carboxylic acids is 1. The number of benzene rings is 3. The minimum atomic E-state index is -0.916. The van der Waals surface area contributed by atoms with Crippen molar-refractivity contribution in [3.8, 4) is 17.2 Å². The highest BCUT2D eigenvalue weighted by molar-refractivity contribution is 5.94. The highest BCUT2D eigenvalue weighted by atomic mass is 16.7. The van der Waals surface area contributed by atoms with E-state index in [9.17, 15) is 14.7 Å². The van der Waals surface area contributed by atoms with Gasteiger partial charge < -0.3 is 29.4 Å². The monoisotopic (exact) mass is 602 g/mol. The van der Waals surface area contributed by atoms with Crippen LogP contribution in [-0.2, 0) is 27.2 Å². The number of aliphatic carboxylic acids is 1. The van der Waals surface area contributed by atoms with Crippen LogP contribution >= 0.6 is 0 Å². The number of carbonyl (C=O) groups excluding carboxylic acids is 1. The minimum absolute atomic E-state index is 0.0466. The molecule has 0 bridgehead atoms. The summed E-state index contributed by atoms with van der Waals surface area (Å²) in [5, 5.41) is 13.8. The fourth-order valence-corrected chi connectivity index (χ4v) is 6.45. The highest BCUT2D eigenvalue weighted by Gasteiger charge is 2.48. The molecule has 0 saturated carbocycles. The number of hydrogen-bond acceptors (Lipinski definition) is 7. The fourth-order valence-electron chi connectivity index (χ4n) is 6.45. The lowest BCUT2D eigenvalue weighted by Gasteiger charge is -2.27. The third-order valence-corrected chi connectivity index (χ3v) is 8.51. The number of nitrogens with one attached hydrogen (secondary N) is 1. The third kappa shape index (κ3) is 6.84. The molecule has 44 heavy (non-hydrogen) atoms. The second kappa shape index (κ2) is 14.1. The first kappa shape index (κ1) is 31.3. The molecule has 9 nitrogen and oxygen atoms in total. The van der Waals surface area contributed by atoms with Crippen LogP contribution in [0.5, 0.6) is 17.2 Å². The Morgan fingerprint density at radius 3 is 2.30 bits per heavy atom. The summed E-state index contributed by atoms with van der Waals surface area (Å²) in [6.45, 7) is 7.93. The van der Waals surface area contributed by atoms with Gasteiger partial charge in [0.05, 0.1) is 19.1 Å². The van der Waals surface area contributed by atoms with Gasteiger partial charge in [0.2, 0.25) is 12.7 Å². The molecule has 1 amide bonds. The van der Waals surface area contributed by atoms with Gasteiger partial charge in [0.25, 0.3) is 0 Å². The lowest BCUT2D eigenvalue weighted by atomic mass is 9.82. The molecule has 234 valence electrons. The summed E-state index contributed by atoms with van der Waals surface area (Å²) < 4.78 is 22.0. The predicted molar refractivity (Wildman–Crippen MR) is 168 cm³/mol. The van der Waals surface area contributed by atoms with Gasteiger partial charge in [-0.1, -0.05) is 49.7 Å². The molecule has 0 aromatic heterocycles. The summed E-state index contributed by atoms with van der Waals surface area (Å²) in [5.74, 6) is -0.311. The number of nitrogens with zero attached hydrogens (tertiary/aromatic N) is 1. The molecule has 0 aliphatic carbocycles. The van der Waals surface area contributed by atoms with Crippen LogP contribution in [-0.4, -0.2) is 62.1 Å². The van der Waals surface area contributed by atoms with Crippen molar-refractivity contribution in [3.63, 3.8) is 0 Å². The van der Waals surface area contributed by atoms with Gasteiger partial charge in [-0.15, -0.1) is 0 Å². The zero-order valence-corrected chi connectivity index (χ0v) is 25.9. The Hall–Kier alpha value is -4.08. The largest absolute Gasteiger partial charge is 0.494 e. The van der Waals surface area contributed by atoms with E-state index in [1.54, 1.807) is 7.11 Å². The number of ether oxygens (including phenoxy) is 4. The SMILES string of the molecule is CCc1cc(C)cc(CC)c1NC(=O)CN1C[C@H](c2ccc3c(c2)OCO3)C(C(=O)O)[C@@H]1c1ccc(OCCCOC)cc1. The maximum absolute atomic E-state index is 13.7. The van der Waals surface area contributed by atoms with Gasteiger partial charge in [0.15, 0.2) is 11.5 Å². The standard InChI is InChI=1S/C35H42N2O7/c1-5-23-16-22(3)17-24(6-2)33(23)36-31(38)20-37-19-28(26-10-13-29-30(18-26)44-21-43-29)32(35(39)40)34(37)25-8-11-27(12-9-25)42-15-7-14-41-4/h8-13,16-18,28,32,34H,5-7,14-15,19-21H2,1-4H3,(H,36,38)(H,39,40)/t28-,32?,34+/m1/s1. The zero-order chi connectivity index (χ0) is 31.2. The summed E-state index contributed by atoms with van der Waals surface area (Å²) in [7, 11) is 1.66. The average Bonchev–Trinajstić information content (AvgIpc) is 3.64. The van der Waals surface area contributed by atoms with E-state index in [0.29, 0.717) is 37.0 Å². The number of amides is 1. The van der Waals surface area contributed by atoms with Crippen molar-refractivity contribution in [1.82, 2.24) is 4.90 Å². The molecular weight excluding hydrogens is 560 g/mol. The van der Waals surface area contributed by atoms with E-state index in [-0.39, 0.29) is 25.2 Å². The van der Waals surface area contributed by atoms with Crippen LogP contribution < -0.4 is 19.5 Å². The molecule has 9 heteroatoms. The molecule has 1 saturated heterocycles. The van der Waals surface area contributed by atoms with Crippen LogP contribution in [0.1, 0.15) is 60.0 Å². The first-order valence-corrected chi connectivity index (χ1v) is 15.3. The van der Waals surface area contributed by atoms with Gasteiger partial charge in [0.1, 0.15) is 5.75 Å². The highest BCUT2D eigenvalue weighted by Crippen LogP contribution is 2.47. The number of methoxy groups -OCH3 is 1. The lowest BCUT2D eigenvalue weighted by molar-refractivity contribution is -0.143. The maximum atomic E-state index is 13.7. The lowest BCUT2D eigenvalue weighted by Crippen LogP contribution is -2.35. The number of carbonyl (C=O) groups is 2. The van der Waals surface area contributed by atoms with E-state index in [4.69, 9.17) is 18.9 Å². The summed E-state index contributed by atoms with van der Waals surface area (Å²) in [4.78, 5) is 28.7. The van der Waals surface area contributed by atoms with E-state index in [0.717, 1.165) is 47.2 Å². The van der Waals surface area contributed by atoms with Crippen molar-refractivity contribution in [3.05, 3.63) is 82.4 Å². The minimum Gasteiger partial charge on any atom is -0.494 e. The van der Waals surface area contributed by atoms with Gasteiger partial charge in [0, 0.05) is 44.3 Å². The molecule has 1 fully saturated rings. The Morgan fingerprint density at radius 1 is 0.955 bits per heavy atom. The van der Waals surface area contributed by atoms with Crippen molar-refractivity contribution in [2.24, 2.45) is 5.92 Å². The van der Waals surface area contributed by atoms with Crippen molar-refractivity contribution >= 4 is 17.6 Å². The molecule has 2 aliphatic rings. The second-order valence-corrected chi connectivity index (χ2v) is 11.4. The molecule has 5 rings (SSSR count). The van der Waals surface area contributed by atoms with Crippen LogP contribution in [0, 0.1) is 12.8 Å². The van der Waals surface area contributed by atoms with Gasteiger partial charge in [-0.2, -0.15) is 0 Å². The fraction of sp³-hybridized carbons (Fsp3) is 0.429. The molecule has 2 heterocycles. The quantitative estimate of drug-likeness (QED) is 0.239. The van der Waals surface area contributed by atoms with E-state index >= 15 is 0 Å². The number of likely N-dealkylation sites (tertiary alicyclic amines) is 1. The molecule has 3 atom stereocenters. The molecule has 0 spiro atoms. The molecule has 2 N–H and O–H groups in total. The first-order valence-electron chi connectivity index (χ1n) is 15.3. The number of carboxylic acid groups (broad SMARTS) is 1. The van der Waals surface area contributed by atoms with Crippen LogP contribution in [0.4, 0.5) is 5.69 Å². The summed E-state index contributed by atoms with van der Waals surface area (Å²) >= 11 is 0. The number of hydrogen-bond donors (Lipinski definition) is 2. The van der Waals surface area contributed by atoms with Crippen LogP contribution in [0.3, 0.4) is 0 Å². The number of anilines is 1. The average molecular weight is 603 g/mol. The Labute approximate surface area is 259 Å². The summed E-state index contributed by atoms with van der Waals surface area (Å²) in [6, 6.07) is 16.8. The molecular formula is C35H42N2O7. The molecule has 0 radical (unpaired) electrons. The van der Waals surface area contributed by atoms with Gasteiger partial charge in [-0.25, -0.2) is 0 Å². The van der Waals surface area contributed by atoms with E-state index in [1.807, 2.05) is 47.4 Å². The zero-order valence-electron chi connectivity index (χ0n) is 25.9. The Kier molecular flexibility index (Phi) is 10.1. The normalized spacial score (nSPS) is 19.2. The number of fused-ring (bicyclic) bond motifs is 1. The van der Waals surface area contributed by atoms with Gasteiger partial charge in [-0.05, 0) is 66.3 Å². The first-order chi connectivity index (χ1) is 21.3. The third-order valence-electron chi connectivity index (χ3n) is 8.51. The van der Waals surface area contributed by atoms with Crippen LogP contribution in [0.2, 0.25) is 0 Å². The Balaban J connectivity index is 1.45. The van der Waals surface area contributed by atoms with Crippen molar-refractivity contribution in [2.45, 2.75) is 52.0 Å². The van der Waals surface area contributed by atoms with E-state index in [2.05, 4.69) is 38.2 Å². The van der Waals surface area contributed by atoms with Crippen molar-refractivity contribution < 1.29 is 33.6 Å². The number of rotatable bonds is 13. The Morgan fingerprint density at radius 2 is 1.64 bits per heavy atom. The molecule has 3 aromatic carbocycles. The molecule has 1 unspecified atom stereocenters. The van der Waals surface area contributed by atoms with E-state index in [1.165, 1.54) is 5.56 Å². The van der Waals surface area contributed by atoms with Crippen LogP contribution in [0.15, 0.2) is 54.6 Å².